The van der Waals surface area contributed by atoms with Gasteiger partial charge in [-0.05, 0) is 31.7 Å². The Labute approximate surface area is 129 Å². The predicted molar refractivity (Wildman–Crippen MR) is 81.3 cm³/mol. The molecule has 0 aromatic heterocycles. The highest BCUT2D eigenvalue weighted by atomic mass is 16.6. The van der Waals surface area contributed by atoms with Crippen LogP contribution >= 0.6 is 0 Å². The van der Waals surface area contributed by atoms with Crippen molar-refractivity contribution in [3.63, 3.8) is 0 Å². The summed E-state index contributed by atoms with van der Waals surface area (Å²) in [4.78, 5) is 10.5. The van der Waals surface area contributed by atoms with E-state index in [0.717, 1.165) is 31.2 Å². The van der Waals surface area contributed by atoms with Gasteiger partial charge in [-0.3, -0.25) is 10.1 Å². The van der Waals surface area contributed by atoms with Crippen molar-refractivity contribution < 1.29 is 19.5 Å². The fraction of sp³-hybridized carbons (Fsp3) is 0.600. The first kappa shape index (κ1) is 16.5. The predicted octanol–water partition coefficient (Wildman–Crippen LogP) is 2.01. The molecule has 7 nitrogen and oxygen atoms in total. The van der Waals surface area contributed by atoms with Gasteiger partial charge < -0.3 is 19.9 Å². The molecule has 0 saturated heterocycles. The molecule has 1 aromatic carbocycles. The van der Waals surface area contributed by atoms with Crippen LogP contribution in [0.25, 0.3) is 0 Å². The number of aliphatic hydroxyl groups excluding tert-OH is 1. The van der Waals surface area contributed by atoms with Crippen molar-refractivity contribution >= 4 is 5.69 Å². The van der Waals surface area contributed by atoms with Crippen LogP contribution in [0.4, 0.5) is 5.69 Å². The fourth-order valence-corrected chi connectivity index (χ4v) is 2.83. The lowest BCUT2D eigenvalue weighted by molar-refractivity contribution is -0.385. The first-order valence-corrected chi connectivity index (χ1v) is 7.36. The topological polar surface area (TPSA) is 93.9 Å². The van der Waals surface area contributed by atoms with Gasteiger partial charge in [0.25, 0.3) is 0 Å². The summed E-state index contributed by atoms with van der Waals surface area (Å²) in [6.45, 7) is 0.540. The zero-order valence-corrected chi connectivity index (χ0v) is 12.9. The molecular formula is C15H22N2O5. The normalized spacial score (nSPS) is 21.4. The minimum absolute atomic E-state index is 0.108. The lowest BCUT2D eigenvalue weighted by Gasteiger charge is -2.26. The van der Waals surface area contributed by atoms with E-state index in [-0.39, 0.29) is 17.5 Å². The third kappa shape index (κ3) is 3.66. The highest BCUT2D eigenvalue weighted by Crippen LogP contribution is 2.39. The molecular weight excluding hydrogens is 288 g/mol. The molecule has 0 spiro atoms. The summed E-state index contributed by atoms with van der Waals surface area (Å²) in [7, 11) is 2.87. The van der Waals surface area contributed by atoms with Crippen LogP contribution < -0.4 is 14.8 Å². The first-order chi connectivity index (χ1) is 10.6. The van der Waals surface area contributed by atoms with Gasteiger partial charge in [-0.1, -0.05) is 0 Å². The van der Waals surface area contributed by atoms with E-state index in [4.69, 9.17) is 9.47 Å². The molecule has 22 heavy (non-hydrogen) atoms. The monoisotopic (exact) mass is 310 g/mol. The van der Waals surface area contributed by atoms with Crippen LogP contribution in [0.3, 0.4) is 0 Å². The molecule has 0 heterocycles. The molecule has 2 N–H and O–H groups in total. The maximum absolute atomic E-state index is 11.0. The number of rotatable bonds is 6. The molecule has 0 unspecified atom stereocenters. The van der Waals surface area contributed by atoms with Crippen molar-refractivity contribution in [3.8, 4) is 11.5 Å². The molecule has 7 heteroatoms. The van der Waals surface area contributed by atoms with E-state index in [2.05, 4.69) is 5.32 Å². The van der Waals surface area contributed by atoms with Crippen LogP contribution in [0.15, 0.2) is 12.1 Å². The van der Waals surface area contributed by atoms with Crippen LogP contribution in [0, 0.1) is 10.1 Å². The molecule has 1 aliphatic rings. The Hall–Kier alpha value is -1.86. The molecule has 1 aliphatic carbocycles. The van der Waals surface area contributed by atoms with Gasteiger partial charge in [-0.2, -0.15) is 0 Å². The molecule has 0 radical (unpaired) electrons. The van der Waals surface area contributed by atoms with E-state index in [0.29, 0.717) is 18.3 Å². The van der Waals surface area contributed by atoms with Gasteiger partial charge in [0.1, 0.15) is 0 Å². The second kappa shape index (κ2) is 7.42. The molecule has 1 aromatic rings. The van der Waals surface area contributed by atoms with E-state index in [1.807, 2.05) is 0 Å². The number of hydrogen-bond acceptors (Lipinski definition) is 6. The largest absolute Gasteiger partial charge is 0.492 e. The SMILES string of the molecule is COc1c(CNC2CCC(O)CC2)ccc([N+](=O)[O-])c1OC. The highest BCUT2D eigenvalue weighted by molar-refractivity contribution is 5.59. The van der Waals surface area contributed by atoms with Gasteiger partial charge in [0.05, 0.1) is 25.2 Å². The number of nitro benzene ring substituents is 1. The lowest BCUT2D eigenvalue weighted by Crippen LogP contribution is -2.34. The molecule has 0 aliphatic heterocycles. The lowest BCUT2D eigenvalue weighted by atomic mass is 9.93. The summed E-state index contributed by atoms with van der Waals surface area (Å²) in [6, 6.07) is 3.46. The zero-order valence-electron chi connectivity index (χ0n) is 12.9. The summed E-state index contributed by atoms with van der Waals surface area (Å²) in [6.07, 6.45) is 3.27. The molecule has 0 amide bonds. The van der Waals surface area contributed by atoms with Crippen molar-refractivity contribution in [1.82, 2.24) is 5.32 Å². The number of ether oxygens (including phenoxy) is 2. The smallest absolute Gasteiger partial charge is 0.314 e. The zero-order chi connectivity index (χ0) is 16.1. The second-order valence-electron chi connectivity index (χ2n) is 5.45. The fourth-order valence-electron chi connectivity index (χ4n) is 2.83. The quantitative estimate of drug-likeness (QED) is 0.616. The Morgan fingerprint density at radius 1 is 1.23 bits per heavy atom. The summed E-state index contributed by atoms with van der Waals surface area (Å²) in [5, 5.41) is 24.0. The number of nitrogens with one attached hydrogen (secondary N) is 1. The molecule has 1 saturated carbocycles. The number of benzene rings is 1. The van der Waals surface area contributed by atoms with Crippen LogP contribution in [-0.4, -0.2) is 36.4 Å². The Morgan fingerprint density at radius 3 is 2.41 bits per heavy atom. The minimum atomic E-state index is -0.485. The van der Waals surface area contributed by atoms with Crippen molar-refractivity contribution in [2.45, 2.75) is 44.4 Å². The Morgan fingerprint density at radius 2 is 1.86 bits per heavy atom. The Bertz CT molecular complexity index is 527. The molecule has 2 rings (SSSR count). The second-order valence-corrected chi connectivity index (χ2v) is 5.45. The van der Waals surface area contributed by atoms with E-state index in [9.17, 15) is 15.2 Å². The standard InChI is InChI=1S/C15H22N2O5/c1-21-14-10(3-8-13(17(19)20)15(14)22-2)9-16-11-4-6-12(18)7-5-11/h3,8,11-12,16,18H,4-7,9H2,1-2H3. The highest BCUT2D eigenvalue weighted by Gasteiger charge is 2.24. The van der Waals surface area contributed by atoms with Crippen molar-refractivity contribution in [1.29, 1.82) is 0 Å². The van der Waals surface area contributed by atoms with E-state index >= 15 is 0 Å². The minimum Gasteiger partial charge on any atom is -0.492 e. The van der Waals surface area contributed by atoms with Crippen LogP contribution in [-0.2, 0) is 6.54 Å². The van der Waals surface area contributed by atoms with Gasteiger partial charge in [0.2, 0.25) is 5.75 Å². The maximum atomic E-state index is 11.0. The van der Waals surface area contributed by atoms with Gasteiger partial charge in [-0.25, -0.2) is 0 Å². The summed E-state index contributed by atoms with van der Waals surface area (Å²) in [5.41, 5.74) is 0.708. The third-order valence-corrected chi connectivity index (χ3v) is 4.06. The number of aliphatic hydroxyl groups is 1. The Balaban J connectivity index is 2.12. The van der Waals surface area contributed by atoms with Crippen molar-refractivity contribution in [2.75, 3.05) is 14.2 Å². The summed E-state index contributed by atoms with van der Waals surface area (Å²) >= 11 is 0. The average molecular weight is 310 g/mol. The number of nitro groups is 1. The van der Waals surface area contributed by atoms with Crippen LogP contribution in [0.1, 0.15) is 31.2 Å². The molecule has 0 bridgehead atoms. The molecule has 122 valence electrons. The Kier molecular flexibility index (Phi) is 5.57. The van der Waals surface area contributed by atoms with Gasteiger partial charge in [0.15, 0.2) is 5.75 Å². The van der Waals surface area contributed by atoms with E-state index in [1.54, 1.807) is 6.07 Å². The molecule has 1 fully saturated rings. The summed E-state index contributed by atoms with van der Waals surface area (Å²) in [5.74, 6) is 0.533. The van der Waals surface area contributed by atoms with Crippen molar-refractivity contribution in [3.05, 3.63) is 27.8 Å². The van der Waals surface area contributed by atoms with Crippen molar-refractivity contribution in [2.24, 2.45) is 0 Å². The van der Waals surface area contributed by atoms with Gasteiger partial charge in [-0.15, -0.1) is 0 Å². The van der Waals surface area contributed by atoms with Gasteiger partial charge >= 0.3 is 5.69 Å². The first-order valence-electron chi connectivity index (χ1n) is 7.36. The van der Waals surface area contributed by atoms with Crippen LogP contribution in [0.5, 0.6) is 11.5 Å². The average Bonchev–Trinajstić information content (AvgIpc) is 2.53. The number of nitrogens with zero attached hydrogens (tertiary/aromatic N) is 1. The molecule has 0 atom stereocenters. The maximum Gasteiger partial charge on any atom is 0.314 e. The summed E-state index contributed by atoms with van der Waals surface area (Å²) < 4.78 is 10.5. The van der Waals surface area contributed by atoms with Crippen LogP contribution in [0.2, 0.25) is 0 Å². The number of hydrogen-bond donors (Lipinski definition) is 2. The van der Waals surface area contributed by atoms with E-state index in [1.165, 1.54) is 20.3 Å². The van der Waals surface area contributed by atoms with E-state index < -0.39 is 4.92 Å². The third-order valence-electron chi connectivity index (χ3n) is 4.06. The van der Waals surface area contributed by atoms with Gasteiger partial charge in [0, 0.05) is 24.2 Å². The number of methoxy groups -OCH3 is 2.